The van der Waals surface area contributed by atoms with E-state index in [4.69, 9.17) is 9.47 Å². The van der Waals surface area contributed by atoms with E-state index >= 15 is 0 Å². The van der Waals surface area contributed by atoms with Crippen LogP contribution in [0.15, 0.2) is 11.6 Å². The number of aliphatic hydroxyl groups is 4. The van der Waals surface area contributed by atoms with Crippen LogP contribution in [0.3, 0.4) is 0 Å². The molecule has 178 valence electrons. The standard InChI is InChI=1S/C23H38O8/c1-14(24)31-12-15(6-7-17(25)21(2,3)28)16-8-10-22(4)13-23(29,11-9-18(22)26)19(16)20(27)30-5/h6,16-19,25-26,28-29H,7-13H2,1-5H3/b15-6-/t16-,17+,18-,19+,22+,23-/m1/s1. The second-order valence-corrected chi connectivity index (χ2v) is 10.1. The molecule has 2 aliphatic rings. The molecule has 2 fully saturated rings. The van der Waals surface area contributed by atoms with E-state index in [2.05, 4.69) is 0 Å². The van der Waals surface area contributed by atoms with Gasteiger partial charge in [0.05, 0.1) is 36.4 Å². The Balaban J connectivity index is 2.49. The third-order valence-electron chi connectivity index (χ3n) is 7.17. The van der Waals surface area contributed by atoms with E-state index in [1.165, 1.54) is 27.9 Å². The summed E-state index contributed by atoms with van der Waals surface area (Å²) in [5.41, 5.74) is -2.66. The summed E-state index contributed by atoms with van der Waals surface area (Å²) < 4.78 is 10.3. The predicted octanol–water partition coefficient (Wildman–Crippen LogP) is 1.48. The quantitative estimate of drug-likeness (QED) is 0.344. The average Bonchev–Trinajstić information content (AvgIpc) is 2.76. The van der Waals surface area contributed by atoms with Gasteiger partial charge in [0.25, 0.3) is 0 Å². The van der Waals surface area contributed by atoms with Gasteiger partial charge in [-0.25, -0.2) is 0 Å². The lowest BCUT2D eigenvalue weighted by atomic mass is 9.63. The molecular formula is C23H38O8. The Labute approximate surface area is 184 Å². The Hall–Kier alpha value is -1.48. The number of aliphatic hydroxyl groups excluding tert-OH is 2. The monoisotopic (exact) mass is 442 g/mol. The van der Waals surface area contributed by atoms with Crippen molar-refractivity contribution in [3.05, 3.63) is 11.6 Å². The lowest BCUT2D eigenvalue weighted by molar-refractivity contribution is -0.170. The molecule has 4 N–H and O–H groups in total. The van der Waals surface area contributed by atoms with Crippen LogP contribution in [-0.2, 0) is 19.1 Å². The molecule has 0 aromatic rings. The number of hydrogen-bond donors (Lipinski definition) is 4. The molecule has 0 amide bonds. The van der Waals surface area contributed by atoms with Crippen molar-refractivity contribution in [1.29, 1.82) is 0 Å². The fourth-order valence-electron chi connectivity index (χ4n) is 5.15. The van der Waals surface area contributed by atoms with Crippen LogP contribution in [0.5, 0.6) is 0 Å². The van der Waals surface area contributed by atoms with Crippen molar-refractivity contribution < 1.29 is 39.5 Å². The van der Waals surface area contributed by atoms with Gasteiger partial charge in [0, 0.05) is 6.92 Å². The molecule has 31 heavy (non-hydrogen) atoms. The second-order valence-electron chi connectivity index (χ2n) is 10.1. The summed E-state index contributed by atoms with van der Waals surface area (Å²) in [5.74, 6) is -2.44. The summed E-state index contributed by atoms with van der Waals surface area (Å²) in [7, 11) is 1.28. The Morgan fingerprint density at radius 3 is 2.45 bits per heavy atom. The van der Waals surface area contributed by atoms with Crippen LogP contribution < -0.4 is 0 Å². The number of ether oxygens (including phenoxy) is 2. The Morgan fingerprint density at radius 1 is 1.26 bits per heavy atom. The molecule has 2 rings (SSSR count). The maximum absolute atomic E-state index is 12.9. The summed E-state index contributed by atoms with van der Waals surface area (Å²) in [6.45, 7) is 6.10. The maximum Gasteiger partial charge on any atom is 0.312 e. The molecule has 0 unspecified atom stereocenters. The summed E-state index contributed by atoms with van der Waals surface area (Å²) in [5, 5.41) is 42.5. The van der Waals surface area contributed by atoms with Crippen molar-refractivity contribution >= 4 is 11.9 Å². The Kier molecular flexibility index (Phi) is 7.95. The van der Waals surface area contributed by atoms with Gasteiger partial charge >= 0.3 is 11.9 Å². The number of rotatable bonds is 7. The van der Waals surface area contributed by atoms with E-state index in [1.807, 2.05) is 6.92 Å². The van der Waals surface area contributed by atoms with E-state index in [-0.39, 0.29) is 25.9 Å². The van der Waals surface area contributed by atoms with Crippen molar-refractivity contribution in [3.8, 4) is 0 Å². The summed E-state index contributed by atoms with van der Waals surface area (Å²) >= 11 is 0. The molecule has 8 heteroatoms. The lowest BCUT2D eigenvalue weighted by Gasteiger charge is -2.47. The number of hydrogen-bond acceptors (Lipinski definition) is 8. The SMILES string of the molecule is COC(=O)[C@@H]1[C@@H](/C(=C\C[C@H](O)C(C)(C)O)COC(C)=O)CC[C@@]2(C)C[C@]1(O)CC[C@H]2O. The zero-order valence-corrected chi connectivity index (χ0v) is 19.3. The first-order chi connectivity index (χ1) is 14.2. The van der Waals surface area contributed by atoms with E-state index in [0.717, 1.165) is 0 Å². The van der Waals surface area contributed by atoms with Gasteiger partial charge in [0.2, 0.25) is 0 Å². The lowest BCUT2D eigenvalue weighted by Crippen LogP contribution is -2.53. The highest BCUT2D eigenvalue weighted by molar-refractivity contribution is 5.75. The van der Waals surface area contributed by atoms with Crippen molar-refractivity contribution in [2.45, 2.75) is 89.6 Å². The summed E-state index contributed by atoms with van der Waals surface area (Å²) in [4.78, 5) is 24.4. The molecule has 8 nitrogen and oxygen atoms in total. The minimum Gasteiger partial charge on any atom is -0.469 e. The summed E-state index contributed by atoms with van der Waals surface area (Å²) in [6, 6.07) is 0. The fourth-order valence-corrected chi connectivity index (χ4v) is 5.15. The topological polar surface area (TPSA) is 134 Å². The van der Waals surface area contributed by atoms with E-state index in [1.54, 1.807) is 6.08 Å². The normalized spacial score (nSPS) is 35.1. The molecule has 0 aliphatic heterocycles. The van der Waals surface area contributed by atoms with E-state index in [9.17, 15) is 30.0 Å². The first-order valence-electron chi connectivity index (χ1n) is 10.9. The first-order valence-corrected chi connectivity index (χ1v) is 10.9. The minimum absolute atomic E-state index is 0.0861. The number of carbonyl (C=O) groups is 2. The highest BCUT2D eigenvalue weighted by Crippen LogP contribution is 2.54. The number of esters is 2. The van der Waals surface area contributed by atoms with Crippen LogP contribution in [0, 0.1) is 17.3 Å². The predicted molar refractivity (Wildman–Crippen MR) is 113 cm³/mol. The zero-order valence-electron chi connectivity index (χ0n) is 19.3. The van der Waals surface area contributed by atoms with E-state index < -0.39 is 52.6 Å². The van der Waals surface area contributed by atoms with Crippen LogP contribution in [0.4, 0.5) is 0 Å². The average molecular weight is 443 g/mol. The largest absolute Gasteiger partial charge is 0.469 e. The molecular weight excluding hydrogens is 404 g/mol. The molecule has 2 bridgehead atoms. The van der Waals surface area contributed by atoms with Gasteiger partial charge in [0.15, 0.2) is 0 Å². The highest BCUT2D eigenvalue weighted by atomic mass is 16.5. The third-order valence-corrected chi connectivity index (χ3v) is 7.17. The molecule has 0 saturated heterocycles. The molecule has 0 spiro atoms. The zero-order chi connectivity index (χ0) is 23.6. The third kappa shape index (κ3) is 5.86. The second kappa shape index (κ2) is 9.57. The van der Waals surface area contributed by atoms with Crippen LogP contribution in [0.2, 0.25) is 0 Å². The van der Waals surface area contributed by atoms with Gasteiger partial charge in [-0.2, -0.15) is 0 Å². The van der Waals surface area contributed by atoms with Gasteiger partial charge in [0.1, 0.15) is 6.61 Å². The smallest absolute Gasteiger partial charge is 0.312 e. The maximum atomic E-state index is 12.9. The molecule has 2 aliphatic carbocycles. The molecule has 6 atom stereocenters. The molecule has 0 aromatic carbocycles. The molecule has 0 radical (unpaired) electrons. The number of methoxy groups -OCH3 is 1. The summed E-state index contributed by atoms with van der Waals surface area (Å²) in [6.07, 6.45) is 2.07. The molecule has 2 saturated carbocycles. The highest BCUT2D eigenvalue weighted by Gasteiger charge is 2.57. The van der Waals surface area contributed by atoms with Crippen molar-refractivity contribution in [3.63, 3.8) is 0 Å². The van der Waals surface area contributed by atoms with Crippen LogP contribution in [-0.4, -0.2) is 69.5 Å². The first kappa shape index (κ1) is 25.8. The molecule has 0 heterocycles. The van der Waals surface area contributed by atoms with Crippen LogP contribution >= 0.6 is 0 Å². The van der Waals surface area contributed by atoms with Crippen molar-refractivity contribution in [1.82, 2.24) is 0 Å². The number of fused-ring (bicyclic) bond motifs is 2. The van der Waals surface area contributed by atoms with Crippen molar-refractivity contribution in [2.75, 3.05) is 13.7 Å². The molecule has 0 aromatic heterocycles. The van der Waals surface area contributed by atoms with Crippen LogP contribution in [0.1, 0.15) is 66.2 Å². The van der Waals surface area contributed by atoms with Gasteiger partial charge in [-0.1, -0.05) is 13.0 Å². The van der Waals surface area contributed by atoms with Gasteiger partial charge < -0.3 is 29.9 Å². The van der Waals surface area contributed by atoms with Gasteiger partial charge in [-0.05, 0) is 69.3 Å². The van der Waals surface area contributed by atoms with Gasteiger partial charge in [-0.15, -0.1) is 0 Å². The van der Waals surface area contributed by atoms with Crippen LogP contribution in [0.25, 0.3) is 0 Å². The Bertz CT molecular complexity index is 696. The van der Waals surface area contributed by atoms with Gasteiger partial charge in [-0.3, -0.25) is 9.59 Å². The van der Waals surface area contributed by atoms with Crippen molar-refractivity contribution in [2.24, 2.45) is 17.3 Å². The minimum atomic E-state index is -1.37. The Morgan fingerprint density at radius 2 is 1.90 bits per heavy atom. The van der Waals surface area contributed by atoms with E-state index in [0.29, 0.717) is 24.8 Å². The fraction of sp³-hybridized carbons (Fsp3) is 0.826. The number of carbonyl (C=O) groups excluding carboxylic acids is 2.